The molecule has 4 N–H and O–H groups in total. The summed E-state index contributed by atoms with van der Waals surface area (Å²) < 4.78 is 79.2. The second-order valence-electron chi connectivity index (χ2n) is 16.6. The first-order valence-electron chi connectivity index (χ1n) is 21.2. The SMILES string of the molecule is CC(C)[C@H](N)C(=O)N1CCC[C@H]1CN(CCc1ccccc1)C(=O)C(F)(F)F.CN[C@@H](C)C(=O)N[C@H](C(=O)N1CCC[C@H]1CN(CCc1ccccc1)C(=O)C(F)(F)F)C(C)C.Cl. The van der Waals surface area contributed by atoms with Crippen LogP contribution in [0.5, 0.6) is 0 Å². The Hall–Kier alpha value is -4.42. The van der Waals surface area contributed by atoms with Gasteiger partial charge in [-0.3, -0.25) is 24.0 Å². The van der Waals surface area contributed by atoms with Gasteiger partial charge in [0.1, 0.15) is 6.04 Å². The van der Waals surface area contributed by atoms with Gasteiger partial charge in [-0.15, -0.1) is 12.4 Å². The molecule has 12 nitrogen and oxygen atoms in total. The fourth-order valence-corrected chi connectivity index (χ4v) is 7.45. The fraction of sp³-hybridized carbons (Fsp3) is 0.614. The largest absolute Gasteiger partial charge is 0.471 e. The lowest BCUT2D eigenvalue weighted by Gasteiger charge is -2.34. The van der Waals surface area contributed by atoms with Gasteiger partial charge in [0.2, 0.25) is 17.7 Å². The molecule has 0 unspecified atom stereocenters. The maximum absolute atomic E-state index is 13.3. The van der Waals surface area contributed by atoms with Crippen LogP contribution < -0.4 is 16.4 Å². The number of likely N-dealkylation sites (N-methyl/N-ethyl adjacent to an activating group) is 1. The van der Waals surface area contributed by atoms with E-state index in [1.807, 2.05) is 38.1 Å². The topological polar surface area (TPSA) is 148 Å². The van der Waals surface area contributed by atoms with Crippen molar-refractivity contribution < 1.29 is 50.3 Å². The normalized spacial score (nSPS) is 17.9. The summed E-state index contributed by atoms with van der Waals surface area (Å²) in [5.74, 6) is -4.98. The number of carbonyl (C=O) groups is 5. The highest BCUT2D eigenvalue weighted by Gasteiger charge is 2.46. The monoisotopic (exact) mass is 919 g/mol. The molecule has 2 aliphatic rings. The first-order chi connectivity index (χ1) is 29.1. The van der Waals surface area contributed by atoms with Gasteiger partial charge in [0.25, 0.3) is 0 Å². The zero-order valence-corrected chi connectivity index (χ0v) is 37.7. The lowest BCUT2D eigenvalue weighted by atomic mass is 10.0. The van der Waals surface area contributed by atoms with Crippen molar-refractivity contribution in [3.8, 4) is 0 Å². The Balaban J connectivity index is 0.000000434. The van der Waals surface area contributed by atoms with Crippen molar-refractivity contribution in [1.82, 2.24) is 30.2 Å². The van der Waals surface area contributed by atoms with Crippen LogP contribution in [-0.4, -0.2) is 138 Å². The summed E-state index contributed by atoms with van der Waals surface area (Å²) in [5.41, 5.74) is 7.62. The van der Waals surface area contributed by atoms with Crippen LogP contribution in [0.25, 0.3) is 0 Å². The number of likely N-dealkylation sites (tertiary alicyclic amines) is 2. The predicted molar refractivity (Wildman–Crippen MR) is 230 cm³/mol. The molecule has 5 amide bonds. The molecule has 0 aromatic heterocycles. The van der Waals surface area contributed by atoms with E-state index in [-0.39, 0.29) is 74.6 Å². The molecule has 0 aliphatic carbocycles. The number of benzene rings is 2. The molecule has 2 fully saturated rings. The molecule has 5 atom stereocenters. The van der Waals surface area contributed by atoms with E-state index in [2.05, 4.69) is 10.6 Å². The highest BCUT2D eigenvalue weighted by molar-refractivity contribution is 5.90. The van der Waals surface area contributed by atoms with Gasteiger partial charge in [0.05, 0.1) is 12.1 Å². The molecule has 2 aromatic rings. The molecule has 354 valence electrons. The van der Waals surface area contributed by atoms with Gasteiger partial charge in [-0.25, -0.2) is 0 Å². The summed E-state index contributed by atoms with van der Waals surface area (Å²) in [6.07, 6.45) is -7.00. The number of hydrogen-bond donors (Lipinski definition) is 3. The van der Waals surface area contributed by atoms with Crippen molar-refractivity contribution in [2.24, 2.45) is 17.6 Å². The van der Waals surface area contributed by atoms with Gasteiger partial charge in [-0.1, -0.05) is 88.4 Å². The Morgan fingerprint density at radius 2 is 1.08 bits per heavy atom. The third-order valence-corrected chi connectivity index (χ3v) is 11.3. The average Bonchev–Trinajstić information content (AvgIpc) is 3.91. The average molecular weight is 920 g/mol. The molecule has 0 spiro atoms. The fourth-order valence-electron chi connectivity index (χ4n) is 7.45. The van der Waals surface area contributed by atoms with Crippen molar-refractivity contribution in [2.45, 2.75) is 116 Å². The lowest BCUT2D eigenvalue weighted by Crippen LogP contribution is -2.57. The van der Waals surface area contributed by atoms with Crippen molar-refractivity contribution in [1.29, 1.82) is 0 Å². The molecule has 4 rings (SSSR count). The molecule has 2 saturated heterocycles. The van der Waals surface area contributed by atoms with Crippen LogP contribution in [-0.2, 0) is 36.8 Å². The summed E-state index contributed by atoms with van der Waals surface area (Å²) in [7, 11) is 1.63. The summed E-state index contributed by atoms with van der Waals surface area (Å²) >= 11 is 0. The van der Waals surface area contributed by atoms with Crippen LogP contribution in [0.1, 0.15) is 71.4 Å². The number of alkyl halides is 6. The van der Waals surface area contributed by atoms with Gasteiger partial charge in [-0.2, -0.15) is 26.3 Å². The maximum atomic E-state index is 13.3. The van der Waals surface area contributed by atoms with Crippen LogP contribution in [0.15, 0.2) is 60.7 Å². The predicted octanol–water partition coefficient (Wildman–Crippen LogP) is 5.38. The number of halogens is 7. The zero-order chi connectivity index (χ0) is 46.4. The van der Waals surface area contributed by atoms with Gasteiger partial charge in [0, 0.05) is 51.4 Å². The number of amides is 5. The highest BCUT2D eigenvalue weighted by Crippen LogP contribution is 2.26. The van der Waals surface area contributed by atoms with Crippen LogP contribution in [0.4, 0.5) is 26.3 Å². The Bertz CT molecular complexity index is 1760. The third kappa shape index (κ3) is 16.6. The number of rotatable bonds is 17. The minimum absolute atomic E-state index is 0. The molecule has 2 aromatic carbocycles. The Labute approximate surface area is 373 Å². The van der Waals surface area contributed by atoms with E-state index in [4.69, 9.17) is 5.73 Å². The van der Waals surface area contributed by atoms with Crippen LogP contribution >= 0.6 is 12.4 Å². The van der Waals surface area contributed by atoms with Crippen molar-refractivity contribution in [2.75, 3.05) is 46.3 Å². The van der Waals surface area contributed by atoms with Crippen molar-refractivity contribution in [3.05, 3.63) is 71.8 Å². The second-order valence-corrected chi connectivity index (χ2v) is 16.6. The van der Waals surface area contributed by atoms with Gasteiger partial charge in [0.15, 0.2) is 0 Å². The molecule has 63 heavy (non-hydrogen) atoms. The molecule has 2 aliphatic heterocycles. The standard InChI is InChI=1S/C24H35F3N4O3.C20H28F3N3O2.ClH/c1-16(2)20(29-21(32)17(3)28-4)22(33)31-13-8-11-19(31)15-30(23(34)24(25,26)27)14-12-18-9-6-5-7-10-18;1-14(2)17(24)18(27)26-11-6-9-16(26)13-25(19(28)20(21,22)23)12-10-15-7-4-3-5-8-15;/h5-7,9-10,16-17,19-20,28H,8,11-15H2,1-4H3,(H,29,32);3-5,7-8,14,16-17H,6,9-13,24H2,1-2H3;1H/t17-,19-,20-;16-,17-;/m00./s1. The van der Waals surface area contributed by atoms with E-state index in [0.29, 0.717) is 45.2 Å². The number of nitrogens with zero attached hydrogens (tertiary/aromatic N) is 4. The minimum atomic E-state index is -5.00. The lowest BCUT2D eigenvalue weighted by molar-refractivity contribution is -0.186. The summed E-state index contributed by atoms with van der Waals surface area (Å²) in [5, 5.41) is 5.58. The van der Waals surface area contributed by atoms with E-state index in [1.54, 1.807) is 69.1 Å². The molecule has 0 radical (unpaired) electrons. The Morgan fingerprint density at radius 3 is 1.43 bits per heavy atom. The third-order valence-electron chi connectivity index (χ3n) is 11.3. The number of hydrogen-bond acceptors (Lipinski definition) is 7. The Morgan fingerprint density at radius 1 is 0.683 bits per heavy atom. The van der Waals surface area contributed by atoms with Crippen molar-refractivity contribution >= 4 is 41.9 Å². The minimum Gasteiger partial charge on any atom is -0.343 e. The summed E-state index contributed by atoms with van der Waals surface area (Å²) in [6, 6.07) is 15.0. The zero-order valence-electron chi connectivity index (χ0n) is 36.9. The molecule has 0 saturated carbocycles. The van der Waals surface area contributed by atoms with Crippen LogP contribution in [0.2, 0.25) is 0 Å². The van der Waals surface area contributed by atoms with Crippen molar-refractivity contribution in [3.63, 3.8) is 0 Å². The number of nitrogens with two attached hydrogens (primary N) is 1. The highest BCUT2D eigenvalue weighted by atomic mass is 35.5. The molecule has 19 heteroatoms. The smallest absolute Gasteiger partial charge is 0.343 e. The maximum Gasteiger partial charge on any atom is 0.471 e. The molecular weight excluding hydrogens is 856 g/mol. The van der Waals surface area contributed by atoms with Gasteiger partial charge < -0.3 is 36.0 Å². The summed E-state index contributed by atoms with van der Waals surface area (Å²) in [6.45, 7) is 9.25. The van der Waals surface area contributed by atoms with E-state index in [9.17, 15) is 50.3 Å². The van der Waals surface area contributed by atoms with E-state index >= 15 is 0 Å². The second kappa shape index (κ2) is 25.2. The molecular formula is C44H64ClF6N7O5. The van der Waals surface area contributed by atoms with E-state index in [0.717, 1.165) is 20.9 Å². The molecule has 0 bridgehead atoms. The van der Waals surface area contributed by atoms with Gasteiger partial charge >= 0.3 is 24.2 Å². The molecule has 2 heterocycles. The van der Waals surface area contributed by atoms with E-state index < -0.39 is 54.4 Å². The quantitative estimate of drug-likeness (QED) is 0.181. The number of carbonyl (C=O) groups excluding carboxylic acids is 5. The van der Waals surface area contributed by atoms with Crippen LogP contribution in [0, 0.1) is 11.8 Å². The van der Waals surface area contributed by atoms with Gasteiger partial charge in [-0.05, 0) is 75.5 Å². The van der Waals surface area contributed by atoms with E-state index in [1.165, 1.54) is 4.90 Å². The van der Waals surface area contributed by atoms with Crippen LogP contribution in [0.3, 0.4) is 0 Å². The summed E-state index contributed by atoms with van der Waals surface area (Å²) in [4.78, 5) is 67.1. The first kappa shape index (κ1) is 54.7. The Kier molecular flexibility index (Phi) is 21.9. The first-order valence-corrected chi connectivity index (χ1v) is 21.2. The number of nitrogens with one attached hydrogen (secondary N) is 2.